The molecule has 0 aliphatic heterocycles. The van der Waals surface area contributed by atoms with Gasteiger partial charge in [-0.3, -0.25) is 14.5 Å². The molecule has 5 aromatic rings. The zero-order chi connectivity index (χ0) is 27.2. The van der Waals surface area contributed by atoms with Crippen molar-refractivity contribution in [1.82, 2.24) is 25.5 Å². The zero-order valence-corrected chi connectivity index (χ0v) is 21.1. The summed E-state index contributed by atoms with van der Waals surface area (Å²) in [6.45, 7) is 1.75. The van der Waals surface area contributed by atoms with Crippen LogP contribution in [0, 0.1) is 12.7 Å². The number of carbonyl (C=O) groups excluding carboxylic acids is 2. The smallest absolute Gasteiger partial charge is 0.251 e. The lowest BCUT2D eigenvalue weighted by molar-refractivity contribution is -0.127. The zero-order valence-electron chi connectivity index (χ0n) is 21.1. The molecule has 0 fully saturated rings. The number of carbonyl (C=O) groups is 2. The molecule has 3 aromatic carbocycles. The summed E-state index contributed by atoms with van der Waals surface area (Å²) in [5.41, 5.74) is 1.82. The fraction of sp³-hybridized carbons (Fsp3) is 0.138. The van der Waals surface area contributed by atoms with Crippen LogP contribution in [0.1, 0.15) is 22.9 Å². The van der Waals surface area contributed by atoms with E-state index in [1.165, 1.54) is 29.2 Å². The quantitative estimate of drug-likeness (QED) is 0.305. The largest absolute Gasteiger partial charge is 0.458 e. The van der Waals surface area contributed by atoms with Crippen LogP contribution in [0.3, 0.4) is 0 Å². The third kappa shape index (κ3) is 6.07. The Bertz CT molecular complexity index is 1550. The first-order valence-electron chi connectivity index (χ1n) is 12.3. The van der Waals surface area contributed by atoms with Crippen LogP contribution < -0.4 is 10.2 Å². The minimum Gasteiger partial charge on any atom is -0.458 e. The molecule has 5 rings (SSSR count). The van der Waals surface area contributed by atoms with Gasteiger partial charge in [0.05, 0.1) is 0 Å². The lowest BCUT2D eigenvalue weighted by Crippen LogP contribution is -2.45. The van der Waals surface area contributed by atoms with Crippen molar-refractivity contribution in [2.75, 3.05) is 4.90 Å². The number of para-hydroxylation sites is 1. The van der Waals surface area contributed by atoms with E-state index in [1.54, 1.807) is 43.3 Å². The van der Waals surface area contributed by atoms with Gasteiger partial charge in [0, 0.05) is 12.2 Å². The van der Waals surface area contributed by atoms with E-state index in [2.05, 4.69) is 20.7 Å². The predicted octanol–water partition coefficient (Wildman–Crippen LogP) is 4.47. The lowest BCUT2D eigenvalue weighted by Gasteiger charge is -2.31. The van der Waals surface area contributed by atoms with E-state index in [0.29, 0.717) is 22.8 Å². The summed E-state index contributed by atoms with van der Waals surface area (Å²) in [6.07, 6.45) is 0. The first-order chi connectivity index (χ1) is 19.0. The van der Waals surface area contributed by atoms with Gasteiger partial charge in [0.25, 0.3) is 5.91 Å². The maximum Gasteiger partial charge on any atom is 0.251 e. The van der Waals surface area contributed by atoms with Gasteiger partial charge in [0.15, 0.2) is 5.76 Å². The molecule has 9 nitrogen and oxygen atoms in total. The number of nitrogens with zero attached hydrogens (tertiary/aromatic N) is 5. The van der Waals surface area contributed by atoms with Gasteiger partial charge in [-0.05, 0) is 59.7 Å². The van der Waals surface area contributed by atoms with Gasteiger partial charge in [-0.1, -0.05) is 60.7 Å². The molecule has 0 saturated heterocycles. The van der Waals surface area contributed by atoms with Crippen molar-refractivity contribution in [3.8, 4) is 11.6 Å². The van der Waals surface area contributed by atoms with E-state index in [4.69, 9.17) is 4.42 Å². The molecule has 0 radical (unpaired) electrons. The third-order valence-corrected chi connectivity index (χ3v) is 6.00. The van der Waals surface area contributed by atoms with Gasteiger partial charge in [0.1, 0.15) is 24.2 Å². The topological polar surface area (TPSA) is 106 Å². The Morgan fingerprint density at radius 3 is 2.31 bits per heavy atom. The van der Waals surface area contributed by atoms with Crippen LogP contribution in [-0.2, 0) is 22.7 Å². The standard InChI is InChI=1S/C29H25FN6O3/c1-20-12-17-25(39-20)28-32-34-35(33-28)19-26(37)36(24-10-6-3-7-11-24)27(22-13-15-23(30)16-14-22)29(38)31-18-21-8-4-2-5-9-21/h2-17,27H,18-19H2,1H3,(H,31,38). The number of benzene rings is 3. The first-order valence-corrected chi connectivity index (χ1v) is 12.3. The fourth-order valence-electron chi connectivity index (χ4n) is 4.13. The number of halogens is 1. The number of aromatic nitrogens is 4. The summed E-state index contributed by atoms with van der Waals surface area (Å²) < 4.78 is 19.4. The van der Waals surface area contributed by atoms with Crippen LogP contribution in [0.5, 0.6) is 0 Å². The van der Waals surface area contributed by atoms with Crippen molar-refractivity contribution in [2.24, 2.45) is 0 Å². The number of amides is 2. The number of aryl methyl sites for hydroxylation is 1. The molecule has 2 amide bonds. The molecule has 0 aliphatic rings. The van der Waals surface area contributed by atoms with E-state index < -0.39 is 23.7 Å². The molecule has 10 heteroatoms. The van der Waals surface area contributed by atoms with Crippen LogP contribution >= 0.6 is 0 Å². The Morgan fingerprint density at radius 1 is 0.949 bits per heavy atom. The van der Waals surface area contributed by atoms with Crippen molar-refractivity contribution in [3.05, 3.63) is 120 Å². The van der Waals surface area contributed by atoms with Crippen molar-refractivity contribution in [2.45, 2.75) is 26.1 Å². The van der Waals surface area contributed by atoms with E-state index in [0.717, 1.165) is 10.4 Å². The van der Waals surface area contributed by atoms with Gasteiger partial charge in [-0.15, -0.1) is 10.2 Å². The number of tetrazole rings is 1. The molecule has 196 valence electrons. The van der Waals surface area contributed by atoms with Gasteiger partial charge in [-0.25, -0.2) is 4.39 Å². The molecule has 2 heterocycles. The van der Waals surface area contributed by atoms with Gasteiger partial charge in [-0.2, -0.15) is 4.80 Å². The van der Waals surface area contributed by atoms with Crippen LogP contribution in [-0.4, -0.2) is 32.0 Å². The molecular formula is C29H25FN6O3. The third-order valence-electron chi connectivity index (χ3n) is 6.00. The van der Waals surface area contributed by atoms with Gasteiger partial charge < -0.3 is 9.73 Å². The summed E-state index contributed by atoms with van der Waals surface area (Å²) in [7, 11) is 0. The summed E-state index contributed by atoms with van der Waals surface area (Å²) in [5.74, 6) is 0.00277. The van der Waals surface area contributed by atoms with Crippen molar-refractivity contribution in [3.63, 3.8) is 0 Å². The summed E-state index contributed by atoms with van der Waals surface area (Å²) in [4.78, 5) is 30.1. The minimum atomic E-state index is -1.10. The Hall–Kier alpha value is -5.12. The van der Waals surface area contributed by atoms with E-state index in [9.17, 15) is 14.0 Å². The van der Waals surface area contributed by atoms with E-state index >= 15 is 0 Å². The second-order valence-corrected chi connectivity index (χ2v) is 8.81. The number of nitrogens with one attached hydrogen (secondary N) is 1. The Labute approximate surface area is 223 Å². The average molecular weight is 525 g/mol. The molecule has 0 saturated carbocycles. The van der Waals surface area contributed by atoms with Crippen LogP contribution in [0.15, 0.2) is 101 Å². The monoisotopic (exact) mass is 524 g/mol. The lowest BCUT2D eigenvalue weighted by atomic mass is 10.0. The van der Waals surface area contributed by atoms with Gasteiger partial charge >= 0.3 is 0 Å². The van der Waals surface area contributed by atoms with Crippen LogP contribution in [0.25, 0.3) is 11.6 Å². The number of hydrogen-bond acceptors (Lipinski definition) is 6. The van der Waals surface area contributed by atoms with Crippen LogP contribution in [0.4, 0.5) is 10.1 Å². The highest BCUT2D eigenvalue weighted by molar-refractivity contribution is 6.01. The molecular weight excluding hydrogens is 499 g/mol. The number of rotatable bonds is 9. The van der Waals surface area contributed by atoms with Gasteiger partial charge in [0.2, 0.25) is 11.7 Å². The second-order valence-electron chi connectivity index (χ2n) is 8.81. The molecule has 1 unspecified atom stereocenters. The molecule has 1 atom stereocenters. The first kappa shape index (κ1) is 25.5. The van der Waals surface area contributed by atoms with E-state index in [-0.39, 0.29) is 18.9 Å². The SMILES string of the molecule is Cc1ccc(-c2nnn(CC(=O)N(c3ccccc3)C(C(=O)NCc3ccccc3)c3ccc(F)cc3)n2)o1. The van der Waals surface area contributed by atoms with Crippen molar-refractivity contribution < 1.29 is 18.4 Å². The molecule has 2 aromatic heterocycles. The molecule has 39 heavy (non-hydrogen) atoms. The van der Waals surface area contributed by atoms with E-state index in [1.807, 2.05) is 36.4 Å². The Kier molecular flexibility index (Phi) is 7.53. The Morgan fingerprint density at radius 2 is 1.64 bits per heavy atom. The number of hydrogen-bond donors (Lipinski definition) is 1. The van der Waals surface area contributed by atoms with Crippen molar-refractivity contribution in [1.29, 1.82) is 0 Å². The maximum absolute atomic E-state index is 13.8. The maximum atomic E-state index is 13.8. The molecule has 1 N–H and O–H groups in total. The predicted molar refractivity (Wildman–Crippen MR) is 142 cm³/mol. The molecule has 0 spiro atoms. The average Bonchev–Trinajstić information content (AvgIpc) is 3.61. The number of anilines is 1. The highest BCUT2D eigenvalue weighted by atomic mass is 19.1. The summed E-state index contributed by atoms with van der Waals surface area (Å²) in [6, 6.07) is 26.1. The number of furan rings is 1. The Balaban J connectivity index is 1.48. The second kappa shape index (κ2) is 11.5. The summed E-state index contributed by atoms with van der Waals surface area (Å²) in [5, 5.41) is 15.2. The van der Waals surface area contributed by atoms with Crippen molar-refractivity contribution >= 4 is 17.5 Å². The van der Waals surface area contributed by atoms with Crippen LogP contribution in [0.2, 0.25) is 0 Å². The normalized spacial score (nSPS) is 11.6. The highest BCUT2D eigenvalue weighted by Gasteiger charge is 2.33. The summed E-state index contributed by atoms with van der Waals surface area (Å²) >= 11 is 0. The highest BCUT2D eigenvalue weighted by Crippen LogP contribution is 2.29. The minimum absolute atomic E-state index is 0.234. The molecule has 0 bridgehead atoms. The molecule has 0 aliphatic carbocycles. The fourth-order valence-corrected chi connectivity index (χ4v) is 4.13.